The first-order chi connectivity index (χ1) is 14.9. The SMILES string of the molecule is O=C(COc1ccc(Cl)c(F)c1)CC12CC(NC(=O)c3ccc4nccnc4c3)(C1)C2. The molecule has 0 atom stereocenters. The molecule has 0 saturated heterocycles. The molecule has 6 rings (SSSR count). The van der Waals surface area contributed by atoms with E-state index in [1.165, 1.54) is 18.2 Å². The minimum Gasteiger partial charge on any atom is -0.486 e. The highest BCUT2D eigenvalue weighted by Crippen LogP contribution is 2.69. The van der Waals surface area contributed by atoms with Gasteiger partial charge in [-0.25, -0.2) is 4.39 Å². The molecule has 2 bridgehead atoms. The minimum absolute atomic E-state index is 0.0107. The number of fused-ring (bicyclic) bond motifs is 1. The van der Waals surface area contributed by atoms with Gasteiger partial charge in [0, 0.05) is 36.0 Å². The van der Waals surface area contributed by atoms with Gasteiger partial charge in [0.1, 0.15) is 18.2 Å². The van der Waals surface area contributed by atoms with Crippen LogP contribution in [0.5, 0.6) is 5.75 Å². The number of hydrogen-bond acceptors (Lipinski definition) is 5. The van der Waals surface area contributed by atoms with E-state index in [0.717, 1.165) is 24.8 Å². The van der Waals surface area contributed by atoms with Crippen LogP contribution < -0.4 is 10.1 Å². The third kappa shape index (κ3) is 3.74. The molecular weight excluding hydrogens is 421 g/mol. The second-order valence-electron chi connectivity index (χ2n) is 8.60. The number of carbonyl (C=O) groups is 2. The summed E-state index contributed by atoms with van der Waals surface area (Å²) >= 11 is 5.64. The molecule has 31 heavy (non-hydrogen) atoms. The second-order valence-corrected chi connectivity index (χ2v) is 9.01. The van der Waals surface area contributed by atoms with Gasteiger partial charge in [-0.3, -0.25) is 19.6 Å². The number of ether oxygens (including phenoxy) is 1. The molecule has 2 aromatic carbocycles. The lowest BCUT2D eigenvalue weighted by Gasteiger charge is -2.70. The maximum atomic E-state index is 13.5. The summed E-state index contributed by atoms with van der Waals surface area (Å²) in [6, 6.07) is 9.36. The van der Waals surface area contributed by atoms with Crippen molar-refractivity contribution in [1.29, 1.82) is 0 Å². The topological polar surface area (TPSA) is 81.2 Å². The number of nitrogens with zero attached hydrogens (tertiary/aromatic N) is 2. The highest BCUT2D eigenvalue weighted by Gasteiger charge is 2.68. The van der Waals surface area contributed by atoms with Gasteiger partial charge in [-0.1, -0.05) is 11.6 Å². The van der Waals surface area contributed by atoms with Gasteiger partial charge >= 0.3 is 0 Å². The van der Waals surface area contributed by atoms with Gasteiger partial charge in [0.25, 0.3) is 5.91 Å². The molecule has 8 heteroatoms. The predicted octanol–water partition coefficient (Wildman–Crippen LogP) is 4.11. The van der Waals surface area contributed by atoms with Crippen LogP contribution >= 0.6 is 11.6 Å². The van der Waals surface area contributed by atoms with Crippen molar-refractivity contribution in [3.63, 3.8) is 0 Å². The Morgan fingerprint density at radius 3 is 2.55 bits per heavy atom. The Morgan fingerprint density at radius 1 is 1.06 bits per heavy atom. The maximum Gasteiger partial charge on any atom is 0.251 e. The maximum absolute atomic E-state index is 13.5. The van der Waals surface area contributed by atoms with E-state index in [4.69, 9.17) is 16.3 Å². The van der Waals surface area contributed by atoms with Crippen molar-refractivity contribution >= 4 is 34.3 Å². The zero-order valence-corrected chi connectivity index (χ0v) is 17.3. The van der Waals surface area contributed by atoms with Gasteiger partial charge in [-0.15, -0.1) is 0 Å². The largest absolute Gasteiger partial charge is 0.486 e. The molecule has 0 spiro atoms. The summed E-state index contributed by atoms with van der Waals surface area (Å²) in [7, 11) is 0. The predicted molar refractivity (Wildman–Crippen MR) is 113 cm³/mol. The number of benzene rings is 2. The van der Waals surface area contributed by atoms with Crippen molar-refractivity contribution in [3.05, 3.63) is 65.2 Å². The van der Waals surface area contributed by atoms with Crippen molar-refractivity contribution in [3.8, 4) is 5.75 Å². The molecule has 158 valence electrons. The van der Waals surface area contributed by atoms with Crippen molar-refractivity contribution in [2.45, 2.75) is 31.2 Å². The summed E-state index contributed by atoms with van der Waals surface area (Å²) in [4.78, 5) is 33.4. The van der Waals surface area contributed by atoms with Crippen molar-refractivity contribution < 1.29 is 18.7 Å². The summed E-state index contributed by atoms with van der Waals surface area (Å²) < 4.78 is 18.8. The molecule has 3 fully saturated rings. The Balaban J connectivity index is 1.12. The van der Waals surface area contributed by atoms with Crippen LogP contribution in [0.1, 0.15) is 36.0 Å². The number of hydrogen-bond donors (Lipinski definition) is 1. The normalized spacial score (nSPS) is 23.5. The Labute approximate surface area is 182 Å². The Morgan fingerprint density at radius 2 is 1.81 bits per heavy atom. The van der Waals surface area contributed by atoms with Gasteiger partial charge in [-0.05, 0) is 55.0 Å². The molecule has 0 aliphatic heterocycles. The van der Waals surface area contributed by atoms with Gasteiger partial charge in [-0.2, -0.15) is 0 Å². The lowest BCUT2D eigenvalue weighted by molar-refractivity contribution is -0.162. The zero-order chi connectivity index (χ0) is 21.6. The lowest BCUT2D eigenvalue weighted by atomic mass is 9.38. The minimum atomic E-state index is -0.581. The average molecular weight is 440 g/mol. The highest BCUT2D eigenvalue weighted by atomic mass is 35.5. The number of aromatic nitrogens is 2. The molecular formula is C23H19ClFN3O3. The van der Waals surface area contributed by atoms with Crippen LogP contribution in [0.4, 0.5) is 4.39 Å². The molecule has 6 nitrogen and oxygen atoms in total. The molecule has 0 radical (unpaired) electrons. The van der Waals surface area contributed by atoms with Gasteiger partial charge in [0.05, 0.1) is 16.1 Å². The van der Waals surface area contributed by atoms with Crippen LogP contribution in [0.2, 0.25) is 5.02 Å². The number of carbonyl (C=O) groups excluding carboxylic acids is 2. The van der Waals surface area contributed by atoms with Gasteiger partial charge in [0.15, 0.2) is 5.78 Å². The lowest BCUT2D eigenvalue weighted by Crippen LogP contribution is -2.75. The van der Waals surface area contributed by atoms with E-state index >= 15 is 0 Å². The molecule has 1 N–H and O–H groups in total. The van der Waals surface area contributed by atoms with Crippen LogP contribution in [-0.4, -0.2) is 33.8 Å². The Bertz CT molecular complexity index is 1200. The number of nitrogens with one attached hydrogen (secondary N) is 1. The third-order valence-electron chi connectivity index (χ3n) is 6.11. The van der Waals surface area contributed by atoms with Crippen LogP contribution in [-0.2, 0) is 4.79 Å². The fraction of sp³-hybridized carbons (Fsp3) is 0.304. The molecule has 1 amide bonds. The standard InChI is InChI=1S/C23H19ClFN3O3/c24-17-3-2-16(8-18(17)25)31-10-15(29)9-22-11-23(12-22,13-22)28-21(30)14-1-4-19-20(7-14)27-6-5-26-19/h1-8H,9-13H2,(H,28,30). The smallest absolute Gasteiger partial charge is 0.251 e. The molecule has 3 aliphatic carbocycles. The molecule has 0 unspecified atom stereocenters. The molecule has 1 aromatic heterocycles. The number of rotatable bonds is 7. The van der Waals surface area contributed by atoms with Crippen molar-refractivity contribution in [2.24, 2.45) is 5.41 Å². The number of ketones is 1. The quantitative estimate of drug-likeness (QED) is 0.599. The van der Waals surface area contributed by atoms with Gasteiger partial charge < -0.3 is 10.1 Å². The Hall–Kier alpha value is -3.06. The molecule has 3 saturated carbocycles. The molecule has 3 aliphatic rings. The number of halogens is 2. The fourth-order valence-electron chi connectivity index (χ4n) is 4.94. The van der Waals surface area contributed by atoms with Crippen LogP contribution in [0.25, 0.3) is 11.0 Å². The van der Waals surface area contributed by atoms with Gasteiger partial charge in [0.2, 0.25) is 0 Å². The summed E-state index contributed by atoms with van der Waals surface area (Å²) in [5.41, 5.74) is 1.68. The first kappa shape index (κ1) is 19.9. The van der Waals surface area contributed by atoms with E-state index in [0.29, 0.717) is 17.5 Å². The average Bonchev–Trinajstić information content (AvgIpc) is 2.71. The Kier molecular flexibility index (Phi) is 4.66. The van der Waals surface area contributed by atoms with Crippen LogP contribution in [0.15, 0.2) is 48.8 Å². The summed E-state index contributed by atoms with van der Waals surface area (Å²) in [6.45, 7) is -0.111. The van der Waals surface area contributed by atoms with Crippen molar-refractivity contribution in [2.75, 3.05) is 6.61 Å². The number of amides is 1. The van der Waals surface area contributed by atoms with E-state index < -0.39 is 5.82 Å². The first-order valence-corrected chi connectivity index (χ1v) is 10.4. The van der Waals surface area contributed by atoms with Crippen LogP contribution in [0, 0.1) is 11.2 Å². The summed E-state index contributed by atoms with van der Waals surface area (Å²) in [5.74, 6) is -0.484. The van der Waals surface area contributed by atoms with Crippen molar-refractivity contribution in [1.82, 2.24) is 15.3 Å². The van der Waals surface area contributed by atoms with E-state index in [2.05, 4.69) is 15.3 Å². The van der Waals surface area contributed by atoms with E-state index in [1.54, 1.807) is 30.6 Å². The fourth-order valence-corrected chi connectivity index (χ4v) is 5.05. The zero-order valence-electron chi connectivity index (χ0n) is 16.5. The second kappa shape index (κ2) is 7.27. The van der Waals surface area contributed by atoms with E-state index in [1.807, 2.05) is 0 Å². The highest BCUT2D eigenvalue weighted by molar-refractivity contribution is 6.30. The van der Waals surface area contributed by atoms with E-state index in [-0.39, 0.29) is 40.0 Å². The van der Waals surface area contributed by atoms with Crippen LogP contribution in [0.3, 0.4) is 0 Å². The molecule has 1 heterocycles. The first-order valence-electron chi connectivity index (χ1n) is 9.98. The van der Waals surface area contributed by atoms with E-state index in [9.17, 15) is 14.0 Å². The monoisotopic (exact) mass is 439 g/mol. The summed E-state index contributed by atoms with van der Waals surface area (Å²) in [5, 5.41) is 3.13. The third-order valence-corrected chi connectivity index (χ3v) is 6.42. The number of Topliss-reactive ketones (excluding diaryl/α,β-unsaturated/α-hetero) is 1. The summed E-state index contributed by atoms with van der Waals surface area (Å²) in [6.07, 6.45) is 5.94. The molecule has 3 aromatic rings.